The van der Waals surface area contributed by atoms with Crippen molar-refractivity contribution in [2.45, 2.75) is 18.8 Å². The van der Waals surface area contributed by atoms with E-state index in [1.807, 2.05) is 0 Å². The first-order valence-corrected chi connectivity index (χ1v) is 4.55. The molecule has 0 bridgehead atoms. The van der Waals surface area contributed by atoms with E-state index < -0.39 is 12.3 Å². The van der Waals surface area contributed by atoms with Crippen molar-refractivity contribution >= 4 is 5.69 Å². The van der Waals surface area contributed by atoms with Gasteiger partial charge in [-0.05, 0) is 18.6 Å². The highest BCUT2D eigenvalue weighted by atomic mass is 19.4. The number of pyridine rings is 1. The van der Waals surface area contributed by atoms with E-state index in [-0.39, 0.29) is 18.7 Å². The van der Waals surface area contributed by atoms with E-state index >= 15 is 0 Å². The van der Waals surface area contributed by atoms with Gasteiger partial charge in [-0.3, -0.25) is 9.88 Å². The van der Waals surface area contributed by atoms with Gasteiger partial charge < -0.3 is 5.73 Å². The van der Waals surface area contributed by atoms with Crippen LogP contribution in [-0.4, -0.2) is 17.8 Å². The van der Waals surface area contributed by atoms with Crippen LogP contribution >= 0.6 is 0 Å². The van der Waals surface area contributed by atoms with Gasteiger partial charge in [0.2, 0.25) is 0 Å². The number of nitrogens with zero attached hydrogens (tertiary/aromatic N) is 2. The fraction of sp³-hybridized carbons (Fsp3) is 0.444. The van der Waals surface area contributed by atoms with Crippen molar-refractivity contribution in [2.24, 2.45) is 5.73 Å². The van der Waals surface area contributed by atoms with E-state index in [1.165, 1.54) is 18.3 Å². The molecule has 1 aromatic rings. The second-order valence-corrected chi connectivity index (χ2v) is 3.42. The fourth-order valence-electron chi connectivity index (χ4n) is 1.71. The third-order valence-electron chi connectivity index (χ3n) is 2.43. The molecule has 2 N–H and O–H groups in total. The van der Waals surface area contributed by atoms with E-state index in [0.29, 0.717) is 10.6 Å². The van der Waals surface area contributed by atoms with Crippen molar-refractivity contribution in [3.8, 4) is 0 Å². The van der Waals surface area contributed by atoms with Crippen LogP contribution in [0.15, 0.2) is 18.3 Å². The van der Waals surface area contributed by atoms with Crippen LogP contribution in [0.1, 0.15) is 18.2 Å². The lowest BCUT2D eigenvalue weighted by Crippen LogP contribution is -2.43. The van der Waals surface area contributed by atoms with Crippen molar-refractivity contribution in [1.82, 2.24) is 4.98 Å². The molecule has 1 atom stereocenters. The summed E-state index contributed by atoms with van der Waals surface area (Å²) < 4.78 is 37.8. The number of halogens is 3. The Morgan fingerprint density at radius 2 is 2.20 bits per heavy atom. The minimum absolute atomic E-state index is 0.0729. The summed E-state index contributed by atoms with van der Waals surface area (Å²) in [6.07, 6.45) is -2.64. The van der Waals surface area contributed by atoms with E-state index in [0.717, 1.165) is 0 Å². The number of hydrogen-bond donors (Lipinski definition) is 1. The zero-order valence-electron chi connectivity index (χ0n) is 7.83. The SMILES string of the molecule is NC1CCN(C(F)(F)F)c2cccnc21. The minimum atomic E-state index is -4.36. The monoisotopic (exact) mass is 217 g/mol. The standard InChI is InChI=1S/C9H10F3N3/c10-9(11,12)15-5-3-6(13)8-7(15)2-1-4-14-8/h1-2,4,6H,3,5,13H2. The van der Waals surface area contributed by atoms with Gasteiger partial charge in [-0.1, -0.05) is 0 Å². The lowest BCUT2D eigenvalue weighted by atomic mass is 10.0. The Morgan fingerprint density at radius 1 is 1.47 bits per heavy atom. The molecule has 3 nitrogen and oxygen atoms in total. The average Bonchev–Trinajstić information content (AvgIpc) is 2.17. The molecule has 0 fully saturated rings. The summed E-state index contributed by atoms with van der Waals surface area (Å²) in [5.74, 6) is 0. The zero-order valence-corrected chi connectivity index (χ0v) is 7.83. The Bertz CT molecular complexity index is 364. The second-order valence-electron chi connectivity index (χ2n) is 3.42. The maximum atomic E-state index is 12.6. The topological polar surface area (TPSA) is 42.1 Å². The lowest BCUT2D eigenvalue weighted by Gasteiger charge is -2.34. The first kappa shape index (κ1) is 10.2. The van der Waals surface area contributed by atoms with Gasteiger partial charge in [-0.2, -0.15) is 13.2 Å². The minimum Gasteiger partial charge on any atom is -0.323 e. The van der Waals surface area contributed by atoms with Crippen molar-refractivity contribution < 1.29 is 13.2 Å². The van der Waals surface area contributed by atoms with Crippen LogP contribution in [0, 0.1) is 0 Å². The molecule has 15 heavy (non-hydrogen) atoms. The number of rotatable bonds is 0. The normalized spacial score (nSPS) is 21.3. The molecule has 0 aromatic carbocycles. The van der Waals surface area contributed by atoms with Gasteiger partial charge in [0.05, 0.1) is 17.4 Å². The molecule has 2 rings (SSSR count). The molecule has 0 aliphatic carbocycles. The smallest absolute Gasteiger partial charge is 0.323 e. The van der Waals surface area contributed by atoms with Crippen LogP contribution in [0.25, 0.3) is 0 Å². The molecule has 82 valence electrons. The number of anilines is 1. The molecule has 0 spiro atoms. The van der Waals surface area contributed by atoms with Gasteiger partial charge in [0.15, 0.2) is 0 Å². The van der Waals surface area contributed by atoms with Crippen LogP contribution in [0.5, 0.6) is 0 Å². The molecule has 1 aromatic heterocycles. The van der Waals surface area contributed by atoms with Crippen molar-refractivity contribution in [3.05, 3.63) is 24.0 Å². The summed E-state index contributed by atoms with van der Waals surface area (Å²) in [6.45, 7) is -0.108. The highest BCUT2D eigenvalue weighted by molar-refractivity contribution is 5.54. The average molecular weight is 217 g/mol. The number of nitrogens with two attached hydrogens (primary N) is 1. The fourth-order valence-corrected chi connectivity index (χ4v) is 1.71. The summed E-state index contributed by atoms with van der Waals surface area (Å²) in [7, 11) is 0. The van der Waals surface area contributed by atoms with Gasteiger partial charge in [-0.25, -0.2) is 0 Å². The quantitative estimate of drug-likeness (QED) is 0.674. The zero-order chi connectivity index (χ0) is 11.1. The van der Waals surface area contributed by atoms with Crippen LogP contribution in [0.3, 0.4) is 0 Å². The van der Waals surface area contributed by atoms with Crippen molar-refractivity contribution in [1.29, 1.82) is 0 Å². The van der Waals surface area contributed by atoms with Crippen molar-refractivity contribution in [2.75, 3.05) is 11.4 Å². The summed E-state index contributed by atoms with van der Waals surface area (Å²) in [6, 6.07) is 2.48. The van der Waals surface area contributed by atoms with Gasteiger partial charge in [-0.15, -0.1) is 0 Å². The maximum Gasteiger partial charge on any atom is 0.484 e. The number of fused-ring (bicyclic) bond motifs is 1. The Morgan fingerprint density at radius 3 is 2.87 bits per heavy atom. The predicted molar refractivity (Wildman–Crippen MR) is 49.2 cm³/mol. The number of hydrogen-bond acceptors (Lipinski definition) is 3. The Kier molecular flexibility index (Phi) is 2.30. The molecule has 2 heterocycles. The van der Waals surface area contributed by atoms with Gasteiger partial charge in [0.1, 0.15) is 0 Å². The molecule has 1 aliphatic rings. The molecular weight excluding hydrogens is 207 g/mol. The summed E-state index contributed by atoms with van der Waals surface area (Å²) in [4.78, 5) is 4.28. The Labute approximate surface area is 84.7 Å². The van der Waals surface area contributed by atoms with Gasteiger partial charge in [0, 0.05) is 12.7 Å². The number of aromatic nitrogens is 1. The van der Waals surface area contributed by atoms with Gasteiger partial charge in [0.25, 0.3) is 0 Å². The molecule has 0 radical (unpaired) electrons. The molecule has 0 amide bonds. The third kappa shape index (κ3) is 1.77. The summed E-state index contributed by atoms with van der Waals surface area (Å²) >= 11 is 0. The Balaban J connectivity index is 2.45. The molecule has 0 saturated carbocycles. The molecular formula is C9H10F3N3. The first-order chi connectivity index (χ1) is 7.00. The lowest BCUT2D eigenvalue weighted by molar-refractivity contribution is -0.130. The molecule has 6 heteroatoms. The largest absolute Gasteiger partial charge is 0.484 e. The number of alkyl halides is 3. The molecule has 1 aliphatic heterocycles. The van der Waals surface area contributed by atoms with E-state index in [4.69, 9.17) is 5.73 Å². The summed E-state index contributed by atoms with van der Waals surface area (Å²) in [5.41, 5.74) is 6.09. The van der Waals surface area contributed by atoms with Crippen LogP contribution in [-0.2, 0) is 0 Å². The summed E-state index contributed by atoms with van der Waals surface area (Å²) in [5, 5.41) is 0. The van der Waals surface area contributed by atoms with Gasteiger partial charge >= 0.3 is 6.30 Å². The van der Waals surface area contributed by atoms with Crippen LogP contribution in [0.4, 0.5) is 18.9 Å². The Hall–Kier alpha value is -1.30. The van der Waals surface area contributed by atoms with E-state index in [1.54, 1.807) is 0 Å². The molecule has 1 unspecified atom stereocenters. The second kappa shape index (κ2) is 3.37. The van der Waals surface area contributed by atoms with Crippen LogP contribution in [0.2, 0.25) is 0 Å². The molecule has 0 saturated heterocycles. The van der Waals surface area contributed by atoms with E-state index in [2.05, 4.69) is 4.98 Å². The van der Waals surface area contributed by atoms with Crippen molar-refractivity contribution in [3.63, 3.8) is 0 Å². The highest BCUT2D eigenvalue weighted by Gasteiger charge is 2.41. The van der Waals surface area contributed by atoms with Crippen LogP contribution < -0.4 is 10.6 Å². The first-order valence-electron chi connectivity index (χ1n) is 4.55. The van der Waals surface area contributed by atoms with E-state index in [9.17, 15) is 13.2 Å². The predicted octanol–water partition coefficient (Wildman–Crippen LogP) is 1.81. The third-order valence-corrected chi connectivity index (χ3v) is 2.43. The maximum absolute atomic E-state index is 12.6. The highest BCUT2D eigenvalue weighted by Crippen LogP contribution is 2.36.